The van der Waals surface area contributed by atoms with Crippen LogP contribution in [0.3, 0.4) is 0 Å². The Kier molecular flexibility index (Phi) is 4.22. The highest BCUT2D eigenvalue weighted by Crippen LogP contribution is 2.35. The maximum absolute atomic E-state index is 13.2. The topological polar surface area (TPSA) is 99.7 Å². The van der Waals surface area contributed by atoms with E-state index in [4.69, 9.17) is 11.0 Å². The molecule has 0 aliphatic heterocycles. The van der Waals surface area contributed by atoms with E-state index < -0.39 is 28.9 Å². The normalized spacial score (nSPS) is 11.0. The third-order valence-electron chi connectivity index (χ3n) is 3.11. The minimum Gasteiger partial charge on any atom is -0.365 e. The van der Waals surface area contributed by atoms with Crippen molar-refractivity contribution in [3.63, 3.8) is 0 Å². The van der Waals surface area contributed by atoms with Gasteiger partial charge < -0.3 is 10.7 Å². The standard InChI is InChI=1S/C15H10F3N3O2/c16-15(17,18)12-10(7-11(13(20)22)14(23)21-12)9-3-1-2-8(6-9)4-5-19/h1-3,6-7H,4H2,(H2,20,22)(H,21,23). The molecule has 0 radical (unpaired) electrons. The summed E-state index contributed by atoms with van der Waals surface area (Å²) < 4.78 is 39.5. The number of pyridine rings is 1. The molecular formula is C15H10F3N3O2. The molecule has 1 aromatic carbocycles. The van der Waals surface area contributed by atoms with Crippen molar-refractivity contribution in [1.29, 1.82) is 5.26 Å². The zero-order valence-electron chi connectivity index (χ0n) is 11.6. The molecule has 23 heavy (non-hydrogen) atoms. The monoisotopic (exact) mass is 321 g/mol. The fraction of sp³-hybridized carbons (Fsp3) is 0.133. The summed E-state index contributed by atoms with van der Waals surface area (Å²) >= 11 is 0. The molecule has 0 aliphatic rings. The predicted molar refractivity (Wildman–Crippen MR) is 75.3 cm³/mol. The van der Waals surface area contributed by atoms with Gasteiger partial charge in [-0.1, -0.05) is 24.3 Å². The van der Waals surface area contributed by atoms with Gasteiger partial charge in [0, 0.05) is 5.56 Å². The summed E-state index contributed by atoms with van der Waals surface area (Å²) in [4.78, 5) is 24.5. The predicted octanol–water partition coefficient (Wildman–Crippen LogP) is 2.23. The Balaban J connectivity index is 2.76. The number of nitrogens with one attached hydrogen (secondary N) is 1. The number of hydrogen-bond donors (Lipinski definition) is 2. The summed E-state index contributed by atoms with van der Waals surface area (Å²) in [6, 6.07) is 8.54. The lowest BCUT2D eigenvalue weighted by Crippen LogP contribution is -2.27. The largest absolute Gasteiger partial charge is 0.431 e. The average Bonchev–Trinajstić information content (AvgIpc) is 2.46. The molecule has 1 amide bonds. The van der Waals surface area contributed by atoms with Gasteiger partial charge in [-0.25, -0.2) is 0 Å². The highest BCUT2D eigenvalue weighted by molar-refractivity contribution is 5.94. The number of benzene rings is 1. The molecule has 0 atom stereocenters. The lowest BCUT2D eigenvalue weighted by Gasteiger charge is -2.14. The minimum absolute atomic E-state index is 0.0151. The Bertz CT molecular complexity index is 863. The summed E-state index contributed by atoms with van der Waals surface area (Å²) in [6.45, 7) is 0. The molecule has 0 bridgehead atoms. The van der Waals surface area contributed by atoms with Gasteiger partial charge in [0.05, 0.1) is 12.5 Å². The summed E-state index contributed by atoms with van der Waals surface area (Å²) in [6.07, 6.45) is -4.81. The smallest absolute Gasteiger partial charge is 0.365 e. The Morgan fingerprint density at radius 3 is 2.57 bits per heavy atom. The fourth-order valence-corrected chi connectivity index (χ4v) is 2.10. The van der Waals surface area contributed by atoms with Crippen LogP contribution < -0.4 is 11.3 Å². The van der Waals surface area contributed by atoms with Gasteiger partial charge in [-0.3, -0.25) is 9.59 Å². The molecule has 8 heteroatoms. The van der Waals surface area contributed by atoms with Crippen molar-refractivity contribution in [3.05, 3.63) is 57.5 Å². The number of nitrogens with two attached hydrogens (primary N) is 1. The van der Waals surface area contributed by atoms with Crippen LogP contribution in [0.5, 0.6) is 0 Å². The highest BCUT2D eigenvalue weighted by atomic mass is 19.4. The molecule has 0 spiro atoms. The molecule has 2 aromatic rings. The molecule has 0 aliphatic carbocycles. The third kappa shape index (κ3) is 3.40. The van der Waals surface area contributed by atoms with E-state index in [9.17, 15) is 22.8 Å². The minimum atomic E-state index is -4.82. The van der Waals surface area contributed by atoms with E-state index in [-0.39, 0.29) is 17.5 Å². The summed E-state index contributed by atoms with van der Waals surface area (Å²) in [7, 11) is 0. The first-order valence-corrected chi connectivity index (χ1v) is 6.34. The lowest BCUT2D eigenvalue weighted by atomic mass is 9.98. The zero-order chi connectivity index (χ0) is 17.2. The third-order valence-corrected chi connectivity index (χ3v) is 3.11. The quantitative estimate of drug-likeness (QED) is 0.906. The summed E-state index contributed by atoms with van der Waals surface area (Å²) in [5.74, 6) is -1.13. The van der Waals surface area contributed by atoms with Gasteiger partial charge in [0.1, 0.15) is 11.3 Å². The van der Waals surface area contributed by atoms with Crippen LogP contribution in [-0.4, -0.2) is 10.9 Å². The molecule has 3 N–H and O–H groups in total. The van der Waals surface area contributed by atoms with Crippen molar-refractivity contribution in [3.8, 4) is 17.2 Å². The average molecular weight is 321 g/mol. The molecule has 5 nitrogen and oxygen atoms in total. The number of aromatic amines is 1. The number of aromatic nitrogens is 1. The first kappa shape index (κ1) is 16.3. The Morgan fingerprint density at radius 2 is 2.00 bits per heavy atom. The van der Waals surface area contributed by atoms with E-state index in [0.717, 1.165) is 6.07 Å². The van der Waals surface area contributed by atoms with Crippen LogP contribution >= 0.6 is 0 Å². The SMILES string of the molecule is N#CCc1cccc(-c2cc(C(N)=O)c(=O)[nH]c2C(F)(F)F)c1. The molecule has 0 fully saturated rings. The van der Waals surface area contributed by atoms with Crippen molar-refractivity contribution in [1.82, 2.24) is 4.98 Å². The number of nitriles is 1. The number of primary amides is 1. The second-order valence-corrected chi connectivity index (χ2v) is 4.70. The summed E-state index contributed by atoms with van der Waals surface area (Å²) in [5.41, 5.74) is 2.20. The first-order chi connectivity index (χ1) is 10.7. The van der Waals surface area contributed by atoms with Crippen LogP contribution in [0, 0.1) is 11.3 Å². The number of H-pyrrole nitrogens is 1. The number of nitrogens with zero attached hydrogens (tertiary/aromatic N) is 1. The molecular weight excluding hydrogens is 311 g/mol. The fourth-order valence-electron chi connectivity index (χ4n) is 2.10. The molecule has 0 saturated heterocycles. The Labute approximate surface area is 128 Å². The number of amides is 1. The first-order valence-electron chi connectivity index (χ1n) is 6.34. The van der Waals surface area contributed by atoms with Gasteiger partial charge in [0.2, 0.25) is 0 Å². The van der Waals surface area contributed by atoms with Crippen molar-refractivity contribution < 1.29 is 18.0 Å². The van der Waals surface area contributed by atoms with E-state index in [2.05, 4.69) is 0 Å². The van der Waals surface area contributed by atoms with Crippen LogP contribution in [0.25, 0.3) is 11.1 Å². The second kappa shape index (κ2) is 5.96. The van der Waals surface area contributed by atoms with Crippen LogP contribution in [0.2, 0.25) is 0 Å². The van der Waals surface area contributed by atoms with Crippen molar-refractivity contribution in [2.24, 2.45) is 5.73 Å². The van der Waals surface area contributed by atoms with Crippen molar-refractivity contribution in [2.45, 2.75) is 12.6 Å². The maximum atomic E-state index is 13.2. The van der Waals surface area contributed by atoms with Crippen LogP contribution in [-0.2, 0) is 12.6 Å². The summed E-state index contributed by atoms with van der Waals surface area (Å²) in [5, 5.41) is 8.68. The van der Waals surface area contributed by atoms with Gasteiger partial charge in [-0.15, -0.1) is 0 Å². The molecule has 118 valence electrons. The van der Waals surface area contributed by atoms with Gasteiger partial charge in [0.15, 0.2) is 0 Å². The number of alkyl halides is 3. The second-order valence-electron chi connectivity index (χ2n) is 4.70. The number of halogens is 3. The van der Waals surface area contributed by atoms with E-state index >= 15 is 0 Å². The van der Waals surface area contributed by atoms with Gasteiger partial charge in [-0.2, -0.15) is 18.4 Å². The molecule has 2 rings (SSSR count). The number of hydrogen-bond acceptors (Lipinski definition) is 3. The van der Waals surface area contributed by atoms with Gasteiger partial charge in [0.25, 0.3) is 11.5 Å². The number of rotatable bonds is 3. The number of carbonyl (C=O) groups is 1. The van der Waals surface area contributed by atoms with Gasteiger partial charge in [-0.05, 0) is 17.2 Å². The number of carbonyl (C=O) groups excluding carboxylic acids is 1. The van der Waals surface area contributed by atoms with E-state index in [0.29, 0.717) is 5.56 Å². The van der Waals surface area contributed by atoms with Crippen molar-refractivity contribution >= 4 is 5.91 Å². The zero-order valence-corrected chi connectivity index (χ0v) is 11.6. The molecule has 1 heterocycles. The van der Waals surface area contributed by atoms with E-state index in [1.807, 2.05) is 6.07 Å². The molecule has 0 unspecified atom stereocenters. The Morgan fingerprint density at radius 1 is 1.30 bits per heavy atom. The van der Waals surface area contributed by atoms with E-state index in [1.54, 1.807) is 11.1 Å². The maximum Gasteiger partial charge on any atom is 0.431 e. The lowest BCUT2D eigenvalue weighted by molar-refractivity contribution is -0.140. The Hall–Kier alpha value is -3.08. The van der Waals surface area contributed by atoms with Gasteiger partial charge >= 0.3 is 6.18 Å². The van der Waals surface area contributed by atoms with Crippen molar-refractivity contribution in [2.75, 3.05) is 0 Å². The molecule has 0 saturated carbocycles. The van der Waals surface area contributed by atoms with Crippen LogP contribution in [0.15, 0.2) is 35.1 Å². The van der Waals surface area contributed by atoms with E-state index in [1.165, 1.54) is 18.2 Å². The molecule has 1 aromatic heterocycles. The highest BCUT2D eigenvalue weighted by Gasteiger charge is 2.36. The van der Waals surface area contributed by atoms with Crippen LogP contribution in [0.1, 0.15) is 21.6 Å². The van der Waals surface area contributed by atoms with Crippen LogP contribution in [0.4, 0.5) is 13.2 Å².